The second kappa shape index (κ2) is 8.08. The molecule has 1 amide bonds. The Hall–Kier alpha value is -2.46. The standard InChI is InChI=1S/C20H20ClNO3/c1-22(11-5-8-15-6-3-2-4-7-15)19(23)10-9-16-12-17(21)20-18(13-16)24-14-25-20/h2-4,6-7,9-10,12-13H,5,8,11,14H2,1H3. The molecule has 0 spiro atoms. The van der Waals surface area contributed by atoms with Crippen molar-refractivity contribution in [1.82, 2.24) is 4.90 Å². The van der Waals surface area contributed by atoms with Crippen molar-refractivity contribution in [2.75, 3.05) is 20.4 Å². The minimum Gasteiger partial charge on any atom is -0.454 e. The molecule has 3 rings (SSSR count). The Morgan fingerprint density at radius 1 is 1.24 bits per heavy atom. The molecule has 0 N–H and O–H groups in total. The molecular formula is C20H20ClNO3. The third-order valence-electron chi connectivity index (χ3n) is 4.05. The van der Waals surface area contributed by atoms with E-state index < -0.39 is 0 Å². The predicted molar refractivity (Wildman–Crippen MR) is 99.0 cm³/mol. The van der Waals surface area contributed by atoms with E-state index in [-0.39, 0.29) is 12.7 Å². The lowest BCUT2D eigenvalue weighted by Crippen LogP contribution is -2.26. The van der Waals surface area contributed by atoms with E-state index in [0.29, 0.717) is 23.1 Å². The van der Waals surface area contributed by atoms with E-state index in [1.165, 1.54) is 5.56 Å². The van der Waals surface area contributed by atoms with Crippen LogP contribution in [0.4, 0.5) is 0 Å². The van der Waals surface area contributed by atoms with Crippen LogP contribution in [0.1, 0.15) is 17.5 Å². The molecule has 0 aromatic heterocycles. The van der Waals surface area contributed by atoms with Gasteiger partial charge in [-0.3, -0.25) is 4.79 Å². The van der Waals surface area contributed by atoms with Crippen LogP contribution in [0.25, 0.3) is 6.08 Å². The van der Waals surface area contributed by atoms with Gasteiger partial charge in [-0.15, -0.1) is 0 Å². The van der Waals surface area contributed by atoms with Gasteiger partial charge in [-0.25, -0.2) is 0 Å². The Bertz CT molecular complexity index is 774. The smallest absolute Gasteiger partial charge is 0.246 e. The fraction of sp³-hybridized carbons (Fsp3) is 0.250. The first kappa shape index (κ1) is 17.4. The molecule has 1 heterocycles. The molecule has 0 saturated carbocycles. The van der Waals surface area contributed by atoms with Gasteiger partial charge in [0.2, 0.25) is 12.7 Å². The van der Waals surface area contributed by atoms with Gasteiger partial charge in [-0.1, -0.05) is 41.9 Å². The zero-order valence-corrected chi connectivity index (χ0v) is 14.8. The molecule has 25 heavy (non-hydrogen) atoms. The molecule has 2 aromatic carbocycles. The fourth-order valence-corrected chi connectivity index (χ4v) is 2.93. The van der Waals surface area contributed by atoms with Gasteiger partial charge in [-0.2, -0.15) is 0 Å². The van der Waals surface area contributed by atoms with Crippen molar-refractivity contribution < 1.29 is 14.3 Å². The van der Waals surface area contributed by atoms with Crippen molar-refractivity contribution in [1.29, 1.82) is 0 Å². The van der Waals surface area contributed by atoms with Crippen LogP contribution in [-0.4, -0.2) is 31.2 Å². The highest BCUT2D eigenvalue weighted by Crippen LogP contribution is 2.40. The third kappa shape index (κ3) is 4.54. The summed E-state index contributed by atoms with van der Waals surface area (Å²) in [6.45, 7) is 0.880. The zero-order valence-electron chi connectivity index (χ0n) is 14.1. The SMILES string of the molecule is CN(CCCc1ccccc1)C(=O)C=Cc1cc(Cl)c2c(c1)OCO2. The van der Waals surface area contributed by atoms with Gasteiger partial charge >= 0.3 is 0 Å². The number of ether oxygens (including phenoxy) is 2. The molecule has 130 valence electrons. The van der Waals surface area contributed by atoms with Crippen LogP contribution in [-0.2, 0) is 11.2 Å². The number of carbonyl (C=O) groups is 1. The first-order chi connectivity index (χ1) is 12.1. The quantitative estimate of drug-likeness (QED) is 0.728. The Labute approximate surface area is 152 Å². The number of likely N-dealkylation sites (N-methyl/N-ethyl adjacent to an activating group) is 1. The second-order valence-corrected chi connectivity index (χ2v) is 6.33. The van der Waals surface area contributed by atoms with Gasteiger partial charge in [0.25, 0.3) is 0 Å². The van der Waals surface area contributed by atoms with Gasteiger partial charge < -0.3 is 14.4 Å². The van der Waals surface area contributed by atoms with Gasteiger partial charge in [0.05, 0.1) is 5.02 Å². The number of carbonyl (C=O) groups excluding carboxylic acids is 1. The van der Waals surface area contributed by atoms with E-state index in [1.54, 1.807) is 23.1 Å². The molecule has 0 bridgehead atoms. The maximum absolute atomic E-state index is 12.2. The monoisotopic (exact) mass is 357 g/mol. The summed E-state index contributed by atoms with van der Waals surface area (Å²) in [5.74, 6) is 1.13. The van der Waals surface area contributed by atoms with E-state index in [2.05, 4.69) is 12.1 Å². The Balaban J connectivity index is 1.52. The summed E-state index contributed by atoms with van der Waals surface area (Å²) in [7, 11) is 1.81. The molecule has 0 unspecified atom stereocenters. The van der Waals surface area contributed by atoms with Crippen molar-refractivity contribution in [3.05, 3.63) is 64.7 Å². The molecule has 1 aliphatic rings. The number of amides is 1. The predicted octanol–water partition coefficient (Wildman–Crippen LogP) is 4.17. The van der Waals surface area contributed by atoms with E-state index in [9.17, 15) is 4.79 Å². The first-order valence-electron chi connectivity index (χ1n) is 8.20. The minimum atomic E-state index is -0.0400. The molecule has 5 heteroatoms. The van der Waals surface area contributed by atoms with Gasteiger partial charge in [0, 0.05) is 19.7 Å². The number of halogens is 1. The molecule has 0 fully saturated rings. The van der Waals surface area contributed by atoms with E-state index in [0.717, 1.165) is 18.4 Å². The molecule has 0 atom stereocenters. The maximum Gasteiger partial charge on any atom is 0.246 e. The second-order valence-electron chi connectivity index (χ2n) is 5.92. The summed E-state index contributed by atoms with van der Waals surface area (Å²) < 4.78 is 10.6. The highest BCUT2D eigenvalue weighted by atomic mass is 35.5. The van der Waals surface area contributed by atoms with Crippen molar-refractivity contribution in [3.8, 4) is 11.5 Å². The van der Waals surface area contributed by atoms with Crippen LogP contribution in [0.5, 0.6) is 11.5 Å². The number of hydrogen-bond acceptors (Lipinski definition) is 3. The highest BCUT2D eigenvalue weighted by molar-refractivity contribution is 6.32. The number of benzene rings is 2. The maximum atomic E-state index is 12.2. The zero-order chi connectivity index (χ0) is 17.6. The third-order valence-corrected chi connectivity index (χ3v) is 4.33. The first-order valence-corrected chi connectivity index (χ1v) is 8.57. The van der Waals surface area contributed by atoms with Crippen molar-refractivity contribution in [2.45, 2.75) is 12.8 Å². The Kier molecular flexibility index (Phi) is 5.61. The number of fused-ring (bicyclic) bond motifs is 1. The Morgan fingerprint density at radius 3 is 2.84 bits per heavy atom. The lowest BCUT2D eigenvalue weighted by Gasteiger charge is -2.14. The van der Waals surface area contributed by atoms with E-state index in [1.807, 2.05) is 31.3 Å². The summed E-state index contributed by atoms with van der Waals surface area (Å²) in [5, 5.41) is 0.485. The summed E-state index contributed by atoms with van der Waals surface area (Å²) in [6.07, 6.45) is 5.18. The lowest BCUT2D eigenvalue weighted by atomic mass is 10.1. The Morgan fingerprint density at radius 2 is 2.04 bits per heavy atom. The molecule has 4 nitrogen and oxygen atoms in total. The average Bonchev–Trinajstić information content (AvgIpc) is 3.09. The molecule has 1 aliphatic heterocycles. The van der Waals surface area contributed by atoms with Crippen LogP contribution < -0.4 is 9.47 Å². The topological polar surface area (TPSA) is 38.8 Å². The number of aryl methyl sites for hydroxylation is 1. The van der Waals surface area contributed by atoms with Crippen molar-refractivity contribution in [2.24, 2.45) is 0 Å². The van der Waals surface area contributed by atoms with Crippen LogP contribution in [0.2, 0.25) is 5.02 Å². The number of hydrogen-bond donors (Lipinski definition) is 0. The summed E-state index contributed by atoms with van der Waals surface area (Å²) in [5.41, 5.74) is 2.09. The van der Waals surface area contributed by atoms with Crippen LogP contribution in [0.15, 0.2) is 48.5 Å². The largest absolute Gasteiger partial charge is 0.454 e. The molecule has 2 aromatic rings. The van der Waals surface area contributed by atoms with Crippen molar-refractivity contribution in [3.63, 3.8) is 0 Å². The van der Waals surface area contributed by atoms with Gasteiger partial charge in [-0.05, 0) is 42.2 Å². The number of nitrogens with zero attached hydrogens (tertiary/aromatic N) is 1. The highest BCUT2D eigenvalue weighted by Gasteiger charge is 2.17. The van der Waals surface area contributed by atoms with Crippen LogP contribution in [0, 0.1) is 0 Å². The molecular weight excluding hydrogens is 338 g/mol. The fourth-order valence-electron chi connectivity index (χ4n) is 2.65. The summed E-state index contributed by atoms with van der Waals surface area (Å²) in [6, 6.07) is 13.8. The normalized spacial score (nSPS) is 12.6. The molecule has 0 radical (unpaired) electrons. The van der Waals surface area contributed by atoms with E-state index >= 15 is 0 Å². The van der Waals surface area contributed by atoms with Crippen LogP contribution >= 0.6 is 11.6 Å². The summed E-state index contributed by atoms with van der Waals surface area (Å²) in [4.78, 5) is 13.9. The lowest BCUT2D eigenvalue weighted by molar-refractivity contribution is -0.124. The van der Waals surface area contributed by atoms with Crippen LogP contribution in [0.3, 0.4) is 0 Å². The van der Waals surface area contributed by atoms with Gasteiger partial charge in [0.1, 0.15) is 0 Å². The van der Waals surface area contributed by atoms with E-state index in [4.69, 9.17) is 21.1 Å². The van der Waals surface area contributed by atoms with Gasteiger partial charge in [0.15, 0.2) is 11.5 Å². The average molecular weight is 358 g/mol. The molecule has 0 aliphatic carbocycles. The van der Waals surface area contributed by atoms with Crippen molar-refractivity contribution >= 4 is 23.6 Å². The summed E-state index contributed by atoms with van der Waals surface area (Å²) >= 11 is 6.15. The minimum absolute atomic E-state index is 0.0400. The molecule has 0 saturated heterocycles. The number of rotatable bonds is 6.